The zero-order valence-corrected chi connectivity index (χ0v) is 12.8. The lowest BCUT2D eigenvalue weighted by molar-refractivity contribution is -0.172. The van der Waals surface area contributed by atoms with Gasteiger partial charge in [-0.15, -0.1) is 0 Å². The molecule has 1 N–H and O–H groups in total. The van der Waals surface area contributed by atoms with E-state index in [1.165, 1.54) is 13.2 Å². The summed E-state index contributed by atoms with van der Waals surface area (Å²) < 4.78 is 15.2. The Morgan fingerprint density at radius 3 is 2.82 bits per heavy atom. The first kappa shape index (κ1) is 16.2. The second-order valence-electron chi connectivity index (χ2n) is 4.97. The minimum Gasteiger partial charge on any atom is -0.481 e. The molecule has 2 heterocycles. The summed E-state index contributed by atoms with van der Waals surface area (Å²) in [5.41, 5.74) is -1.09. The maximum Gasteiger partial charge on any atom is 0.357 e. The molecule has 0 radical (unpaired) electrons. The Labute approximate surface area is 128 Å². The van der Waals surface area contributed by atoms with Gasteiger partial charge in [-0.3, -0.25) is 0 Å². The van der Waals surface area contributed by atoms with E-state index in [2.05, 4.69) is 4.98 Å². The van der Waals surface area contributed by atoms with E-state index in [4.69, 9.17) is 14.2 Å². The molecular weight excluding hydrogens is 290 g/mol. The van der Waals surface area contributed by atoms with Crippen LogP contribution in [0.2, 0.25) is 0 Å². The van der Waals surface area contributed by atoms with E-state index >= 15 is 0 Å². The van der Waals surface area contributed by atoms with Gasteiger partial charge in [-0.1, -0.05) is 13.8 Å². The number of methoxy groups -OCH3 is 1. The molecule has 0 bridgehead atoms. The van der Waals surface area contributed by atoms with Crippen molar-refractivity contribution in [3.8, 4) is 5.88 Å². The quantitative estimate of drug-likeness (QED) is 0.819. The summed E-state index contributed by atoms with van der Waals surface area (Å²) >= 11 is 0. The molecule has 0 saturated carbocycles. The average molecular weight is 309 g/mol. The number of aromatic nitrogens is 1. The van der Waals surface area contributed by atoms with Gasteiger partial charge >= 0.3 is 11.9 Å². The van der Waals surface area contributed by atoms with Crippen LogP contribution < -0.4 is 4.74 Å². The Morgan fingerprint density at radius 2 is 2.23 bits per heavy atom. The average Bonchev–Trinajstić information content (AvgIpc) is 2.55. The fourth-order valence-electron chi connectivity index (χ4n) is 2.30. The van der Waals surface area contributed by atoms with Crippen molar-refractivity contribution in [3.05, 3.63) is 22.9 Å². The Bertz CT molecular complexity index is 600. The van der Waals surface area contributed by atoms with E-state index in [0.717, 1.165) is 0 Å². The number of ether oxygens (including phenoxy) is 3. The highest BCUT2D eigenvalue weighted by Crippen LogP contribution is 2.38. The van der Waals surface area contributed by atoms with Crippen molar-refractivity contribution in [2.75, 3.05) is 13.7 Å². The zero-order chi connectivity index (χ0) is 16.3. The molecule has 0 saturated heterocycles. The van der Waals surface area contributed by atoms with Crippen molar-refractivity contribution < 1.29 is 28.9 Å². The number of esters is 2. The third kappa shape index (κ3) is 2.64. The maximum atomic E-state index is 12.0. The van der Waals surface area contributed by atoms with Gasteiger partial charge in [-0.25, -0.2) is 14.6 Å². The largest absolute Gasteiger partial charge is 0.481 e. The minimum atomic E-state index is -1.82. The molecule has 0 unspecified atom stereocenters. The van der Waals surface area contributed by atoms with Gasteiger partial charge in [-0.05, 0) is 18.9 Å². The van der Waals surface area contributed by atoms with Crippen molar-refractivity contribution in [1.82, 2.24) is 4.98 Å². The highest BCUT2D eigenvalue weighted by atomic mass is 16.6. The zero-order valence-electron chi connectivity index (χ0n) is 12.8. The molecule has 1 aromatic heterocycles. The summed E-state index contributed by atoms with van der Waals surface area (Å²) in [6, 6.07) is 1.37. The summed E-state index contributed by atoms with van der Waals surface area (Å²) in [4.78, 5) is 28.0. The van der Waals surface area contributed by atoms with Crippen LogP contribution in [0.3, 0.4) is 0 Å². The molecule has 1 atom stereocenters. The number of hydrogen-bond acceptors (Lipinski definition) is 7. The van der Waals surface area contributed by atoms with Crippen molar-refractivity contribution in [2.24, 2.45) is 0 Å². The van der Waals surface area contributed by atoms with E-state index in [1.54, 1.807) is 6.92 Å². The predicted octanol–water partition coefficient (Wildman–Crippen LogP) is 1.31. The molecule has 0 aromatic carbocycles. The van der Waals surface area contributed by atoms with Gasteiger partial charge in [-0.2, -0.15) is 0 Å². The van der Waals surface area contributed by atoms with Crippen molar-refractivity contribution in [1.29, 1.82) is 0 Å². The summed E-state index contributed by atoms with van der Waals surface area (Å²) in [5.74, 6) is -1.23. The summed E-state index contributed by atoms with van der Waals surface area (Å²) in [6.07, 6.45) is 0.786. The van der Waals surface area contributed by atoms with Crippen LogP contribution >= 0.6 is 0 Å². The van der Waals surface area contributed by atoms with Crippen LogP contribution in [-0.4, -0.2) is 35.7 Å². The van der Waals surface area contributed by atoms with Crippen LogP contribution in [0.25, 0.3) is 0 Å². The van der Waals surface area contributed by atoms with Crippen molar-refractivity contribution in [3.63, 3.8) is 0 Å². The van der Waals surface area contributed by atoms with Crippen LogP contribution in [0.4, 0.5) is 0 Å². The lowest BCUT2D eigenvalue weighted by Crippen LogP contribution is -2.41. The molecule has 7 heteroatoms. The smallest absolute Gasteiger partial charge is 0.357 e. The normalized spacial score (nSPS) is 20.1. The SMILES string of the molecule is CCCOC(=O)c1cc2c(c(OC)n1)COC(=O)[C@]2(O)CC. The standard InChI is InChI=1S/C15H19NO6/c1-4-6-21-13(17)11-7-10-9(12(16-11)20-3)8-22-14(18)15(10,19)5-2/h7,19H,4-6,8H2,1-3H3/t15-/m0/s1. The van der Waals surface area contributed by atoms with E-state index in [9.17, 15) is 14.7 Å². The number of carbonyl (C=O) groups excluding carboxylic acids is 2. The van der Waals surface area contributed by atoms with E-state index in [0.29, 0.717) is 12.0 Å². The molecule has 0 spiro atoms. The Kier molecular flexibility index (Phi) is 4.65. The molecule has 1 aromatic rings. The van der Waals surface area contributed by atoms with Crippen molar-refractivity contribution in [2.45, 2.75) is 38.9 Å². The Morgan fingerprint density at radius 1 is 1.50 bits per heavy atom. The maximum absolute atomic E-state index is 12.0. The molecule has 0 fully saturated rings. The second-order valence-corrected chi connectivity index (χ2v) is 4.97. The Hall–Kier alpha value is -2.15. The summed E-state index contributed by atoms with van der Waals surface area (Å²) in [6.45, 7) is 3.73. The highest BCUT2D eigenvalue weighted by molar-refractivity contribution is 5.90. The number of pyridine rings is 1. The highest BCUT2D eigenvalue weighted by Gasteiger charge is 2.45. The van der Waals surface area contributed by atoms with Gasteiger partial charge in [0.05, 0.1) is 19.3 Å². The van der Waals surface area contributed by atoms with Crippen LogP contribution in [0.1, 0.15) is 48.3 Å². The second kappa shape index (κ2) is 6.31. The molecule has 0 amide bonds. The van der Waals surface area contributed by atoms with Gasteiger partial charge in [0.2, 0.25) is 5.88 Å². The molecular formula is C15H19NO6. The fourth-order valence-corrected chi connectivity index (χ4v) is 2.30. The van der Waals surface area contributed by atoms with Crippen molar-refractivity contribution >= 4 is 11.9 Å². The first-order valence-corrected chi connectivity index (χ1v) is 7.13. The molecule has 0 aliphatic carbocycles. The first-order chi connectivity index (χ1) is 10.5. The van der Waals surface area contributed by atoms with Crippen LogP contribution in [0.5, 0.6) is 5.88 Å². The monoisotopic (exact) mass is 309 g/mol. The molecule has 22 heavy (non-hydrogen) atoms. The summed E-state index contributed by atoms with van der Waals surface area (Å²) in [5, 5.41) is 10.6. The molecule has 2 rings (SSSR count). The van der Waals surface area contributed by atoms with Crippen LogP contribution in [0.15, 0.2) is 6.07 Å². The third-order valence-electron chi connectivity index (χ3n) is 3.57. The van der Waals surface area contributed by atoms with Gasteiger partial charge < -0.3 is 19.3 Å². The van der Waals surface area contributed by atoms with Crippen LogP contribution in [-0.2, 0) is 26.5 Å². The van der Waals surface area contributed by atoms with Gasteiger partial charge in [0, 0.05) is 5.56 Å². The molecule has 1 aliphatic rings. The number of aliphatic hydroxyl groups is 1. The number of nitrogens with zero attached hydrogens (tertiary/aromatic N) is 1. The van der Waals surface area contributed by atoms with Crippen LogP contribution in [0, 0.1) is 0 Å². The molecule has 1 aliphatic heterocycles. The topological polar surface area (TPSA) is 95.0 Å². The van der Waals surface area contributed by atoms with E-state index in [1.807, 2.05) is 6.92 Å². The van der Waals surface area contributed by atoms with Gasteiger partial charge in [0.25, 0.3) is 0 Å². The lowest BCUT2D eigenvalue weighted by atomic mass is 9.86. The molecule has 120 valence electrons. The number of rotatable bonds is 5. The minimum absolute atomic E-state index is 0.00868. The lowest BCUT2D eigenvalue weighted by Gasteiger charge is -2.32. The third-order valence-corrected chi connectivity index (χ3v) is 3.57. The Balaban J connectivity index is 2.54. The predicted molar refractivity (Wildman–Crippen MR) is 75.3 cm³/mol. The fraction of sp³-hybridized carbons (Fsp3) is 0.533. The van der Waals surface area contributed by atoms with Gasteiger partial charge in [0.15, 0.2) is 11.3 Å². The molecule has 7 nitrogen and oxygen atoms in total. The number of cyclic esters (lactones) is 1. The summed E-state index contributed by atoms with van der Waals surface area (Å²) in [7, 11) is 1.39. The number of carbonyl (C=O) groups is 2. The van der Waals surface area contributed by atoms with E-state index in [-0.39, 0.29) is 36.8 Å². The first-order valence-electron chi connectivity index (χ1n) is 7.13. The number of fused-ring (bicyclic) bond motifs is 1. The van der Waals surface area contributed by atoms with E-state index < -0.39 is 17.5 Å². The van der Waals surface area contributed by atoms with Gasteiger partial charge in [0.1, 0.15) is 6.61 Å². The number of hydrogen-bond donors (Lipinski definition) is 1.